The number of amides is 1. The van der Waals surface area contributed by atoms with Crippen molar-refractivity contribution in [1.29, 1.82) is 0 Å². The van der Waals surface area contributed by atoms with E-state index in [9.17, 15) is 13.2 Å². The van der Waals surface area contributed by atoms with Gasteiger partial charge in [-0.05, 0) is 62.7 Å². The van der Waals surface area contributed by atoms with Crippen LogP contribution in [0, 0.1) is 0 Å². The van der Waals surface area contributed by atoms with Crippen LogP contribution < -0.4 is 10.6 Å². The minimum absolute atomic E-state index is 0.0377. The number of nitrogens with one attached hydrogen (secondary N) is 2. The Hall–Kier alpha value is -2.46. The molecule has 0 saturated carbocycles. The van der Waals surface area contributed by atoms with Crippen LogP contribution in [0.1, 0.15) is 32.4 Å². The molecule has 2 aromatic carbocycles. The third kappa shape index (κ3) is 6.07. The van der Waals surface area contributed by atoms with Gasteiger partial charge in [-0.2, -0.15) is 4.31 Å². The van der Waals surface area contributed by atoms with Crippen molar-refractivity contribution in [2.24, 2.45) is 0 Å². The number of methoxy groups -OCH3 is 1. The maximum Gasteiger partial charge on any atom is 0.243 e. The third-order valence-corrected chi connectivity index (χ3v) is 7.17. The zero-order chi connectivity index (χ0) is 23.3. The summed E-state index contributed by atoms with van der Waals surface area (Å²) >= 11 is 0. The summed E-state index contributed by atoms with van der Waals surface area (Å²) in [7, 11) is -1.97. The molecule has 2 aromatic rings. The maximum atomic E-state index is 12.9. The van der Waals surface area contributed by atoms with E-state index in [1.807, 2.05) is 45.0 Å². The second-order valence-corrected chi connectivity index (χ2v) is 9.95. The van der Waals surface area contributed by atoms with Gasteiger partial charge in [-0.3, -0.25) is 4.79 Å². The smallest absolute Gasteiger partial charge is 0.243 e. The van der Waals surface area contributed by atoms with Crippen molar-refractivity contribution in [2.45, 2.75) is 44.0 Å². The number of carbonyl (C=O) groups excluding carboxylic acids is 1. The first kappa shape index (κ1) is 24.2. The molecule has 1 aliphatic rings. The highest BCUT2D eigenvalue weighted by Crippen LogP contribution is 2.23. The van der Waals surface area contributed by atoms with Gasteiger partial charge in [0.15, 0.2) is 0 Å². The lowest BCUT2D eigenvalue weighted by Crippen LogP contribution is -2.48. The van der Waals surface area contributed by atoms with E-state index < -0.39 is 10.0 Å². The Morgan fingerprint density at radius 3 is 2.41 bits per heavy atom. The van der Waals surface area contributed by atoms with E-state index in [0.29, 0.717) is 18.8 Å². The first-order valence-electron chi connectivity index (χ1n) is 10.6. The van der Waals surface area contributed by atoms with Crippen LogP contribution in [0.5, 0.6) is 0 Å². The van der Waals surface area contributed by atoms with Gasteiger partial charge < -0.3 is 20.1 Å². The summed E-state index contributed by atoms with van der Waals surface area (Å²) in [4.78, 5) is 12.5. The van der Waals surface area contributed by atoms with E-state index in [-0.39, 0.29) is 35.7 Å². The molecule has 0 bridgehead atoms. The minimum Gasteiger partial charge on any atom is -0.377 e. The van der Waals surface area contributed by atoms with E-state index in [4.69, 9.17) is 9.47 Å². The lowest BCUT2D eigenvalue weighted by molar-refractivity contribution is -0.114. The fourth-order valence-electron chi connectivity index (χ4n) is 3.61. The SMILES string of the molecule is COC(C)c1cccc(NCC(=O)Nc2ccc(S(=O)(=O)N3CC(C)OC(C)C3)cc2)c1. The van der Waals surface area contributed by atoms with Gasteiger partial charge in [0.05, 0.1) is 29.8 Å². The Morgan fingerprint density at radius 2 is 1.78 bits per heavy atom. The van der Waals surface area contributed by atoms with Crippen LogP contribution in [-0.2, 0) is 24.3 Å². The average Bonchev–Trinajstić information content (AvgIpc) is 2.77. The molecule has 0 radical (unpaired) electrons. The zero-order valence-corrected chi connectivity index (χ0v) is 19.7. The molecule has 3 unspecified atom stereocenters. The summed E-state index contributed by atoms with van der Waals surface area (Å²) in [6.45, 7) is 6.39. The highest BCUT2D eigenvalue weighted by molar-refractivity contribution is 7.89. The van der Waals surface area contributed by atoms with Crippen molar-refractivity contribution in [2.75, 3.05) is 37.4 Å². The second kappa shape index (κ2) is 10.4. The summed E-state index contributed by atoms with van der Waals surface area (Å²) in [5.74, 6) is -0.235. The molecule has 174 valence electrons. The summed E-state index contributed by atoms with van der Waals surface area (Å²) < 4.78 is 38.3. The van der Waals surface area contributed by atoms with Gasteiger partial charge >= 0.3 is 0 Å². The highest BCUT2D eigenvalue weighted by Gasteiger charge is 2.32. The molecule has 1 fully saturated rings. The molecular weight excluding hydrogens is 430 g/mol. The molecule has 32 heavy (non-hydrogen) atoms. The molecular formula is C23H31N3O5S. The van der Waals surface area contributed by atoms with E-state index >= 15 is 0 Å². The largest absolute Gasteiger partial charge is 0.377 e. The van der Waals surface area contributed by atoms with Crippen molar-refractivity contribution < 1.29 is 22.7 Å². The molecule has 0 aromatic heterocycles. The number of rotatable bonds is 8. The van der Waals surface area contributed by atoms with Crippen molar-refractivity contribution in [3.05, 3.63) is 54.1 Å². The van der Waals surface area contributed by atoms with Crippen molar-refractivity contribution >= 4 is 27.3 Å². The van der Waals surface area contributed by atoms with Gasteiger partial charge in [0.1, 0.15) is 0 Å². The normalized spacial score (nSPS) is 20.5. The maximum absolute atomic E-state index is 12.9. The van der Waals surface area contributed by atoms with Gasteiger partial charge in [0.2, 0.25) is 15.9 Å². The van der Waals surface area contributed by atoms with Gasteiger partial charge in [-0.1, -0.05) is 12.1 Å². The topological polar surface area (TPSA) is 97.0 Å². The summed E-state index contributed by atoms with van der Waals surface area (Å²) in [6, 6.07) is 13.9. The summed E-state index contributed by atoms with van der Waals surface area (Å²) in [5.41, 5.74) is 2.36. The lowest BCUT2D eigenvalue weighted by atomic mass is 10.1. The highest BCUT2D eigenvalue weighted by atomic mass is 32.2. The quantitative estimate of drug-likeness (QED) is 0.627. The number of ether oxygens (including phenoxy) is 2. The monoisotopic (exact) mass is 461 g/mol. The van der Waals surface area contributed by atoms with E-state index in [1.165, 1.54) is 16.4 Å². The number of benzene rings is 2. The minimum atomic E-state index is -3.61. The molecule has 9 heteroatoms. The number of hydrogen-bond acceptors (Lipinski definition) is 6. The van der Waals surface area contributed by atoms with Gasteiger partial charge in [0.25, 0.3) is 0 Å². The lowest BCUT2D eigenvalue weighted by Gasteiger charge is -2.34. The van der Waals surface area contributed by atoms with Crippen LogP contribution in [0.3, 0.4) is 0 Å². The van der Waals surface area contributed by atoms with Crippen LogP contribution in [0.25, 0.3) is 0 Å². The van der Waals surface area contributed by atoms with Crippen molar-refractivity contribution in [3.8, 4) is 0 Å². The summed E-state index contributed by atoms with van der Waals surface area (Å²) in [5, 5.41) is 5.87. The molecule has 1 saturated heterocycles. The van der Waals surface area contributed by atoms with Gasteiger partial charge in [0, 0.05) is 31.6 Å². The van der Waals surface area contributed by atoms with Crippen LogP contribution in [0.4, 0.5) is 11.4 Å². The number of sulfonamides is 1. The Bertz CT molecular complexity index is 1020. The molecule has 1 amide bonds. The summed E-state index contributed by atoms with van der Waals surface area (Å²) in [6.07, 6.45) is -0.347. The van der Waals surface area contributed by atoms with Gasteiger partial charge in [-0.25, -0.2) is 8.42 Å². The Balaban J connectivity index is 1.58. The molecule has 1 aliphatic heterocycles. The van der Waals surface area contributed by atoms with Crippen LogP contribution in [0.2, 0.25) is 0 Å². The Labute approximate surface area is 190 Å². The first-order valence-corrected chi connectivity index (χ1v) is 12.0. The van der Waals surface area contributed by atoms with Crippen LogP contribution >= 0.6 is 0 Å². The number of hydrogen-bond donors (Lipinski definition) is 2. The molecule has 1 heterocycles. The fourth-order valence-corrected chi connectivity index (χ4v) is 5.20. The van der Waals surface area contributed by atoms with Crippen molar-refractivity contribution in [1.82, 2.24) is 4.31 Å². The third-order valence-electron chi connectivity index (χ3n) is 5.32. The Morgan fingerprint density at radius 1 is 1.12 bits per heavy atom. The van der Waals surface area contributed by atoms with E-state index in [2.05, 4.69) is 10.6 Å². The molecule has 0 spiro atoms. The van der Waals surface area contributed by atoms with E-state index in [0.717, 1.165) is 11.3 Å². The predicted molar refractivity (Wildman–Crippen MR) is 124 cm³/mol. The average molecular weight is 462 g/mol. The standard InChI is InChI=1S/C23H31N3O5S/c1-16-14-26(15-17(2)31-16)32(28,29)22-10-8-20(9-11-22)25-23(27)13-24-21-7-5-6-19(12-21)18(3)30-4/h5-12,16-18,24H,13-15H2,1-4H3,(H,25,27). The van der Waals surface area contributed by atoms with Gasteiger partial charge in [-0.15, -0.1) is 0 Å². The predicted octanol–water partition coefficient (Wildman–Crippen LogP) is 3.24. The molecule has 3 atom stereocenters. The fraction of sp³-hybridized carbons (Fsp3) is 0.435. The second-order valence-electron chi connectivity index (χ2n) is 8.01. The molecule has 3 rings (SSSR count). The van der Waals surface area contributed by atoms with Crippen LogP contribution in [-0.4, -0.2) is 57.6 Å². The molecule has 8 nitrogen and oxygen atoms in total. The number of carbonyl (C=O) groups is 1. The first-order chi connectivity index (χ1) is 15.2. The number of morpholine rings is 1. The Kier molecular flexibility index (Phi) is 7.89. The van der Waals surface area contributed by atoms with E-state index in [1.54, 1.807) is 19.2 Å². The zero-order valence-electron chi connectivity index (χ0n) is 18.9. The van der Waals surface area contributed by atoms with Crippen LogP contribution in [0.15, 0.2) is 53.4 Å². The number of nitrogens with zero attached hydrogens (tertiary/aromatic N) is 1. The number of anilines is 2. The van der Waals surface area contributed by atoms with Crippen molar-refractivity contribution in [3.63, 3.8) is 0 Å². The molecule has 0 aliphatic carbocycles. The molecule has 2 N–H and O–H groups in total.